The van der Waals surface area contributed by atoms with E-state index >= 15 is 0 Å². The normalized spacial score (nSPS) is 23.2. The van der Waals surface area contributed by atoms with Gasteiger partial charge >= 0.3 is 0 Å². The summed E-state index contributed by atoms with van der Waals surface area (Å²) in [7, 11) is 0. The minimum Gasteiger partial charge on any atom is -0.376 e. The molecule has 1 N–H and O–H groups in total. The van der Waals surface area contributed by atoms with Crippen molar-refractivity contribution in [1.82, 2.24) is 5.32 Å². The Bertz CT molecular complexity index is 162. The van der Waals surface area contributed by atoms with Crippen molar-refractivity contribution >= 4 is 5.91 Å². The van der Waals surface area contributed by atoms with Gasteiger partial charge in [0.15, 0.2) is 0 Å². The fourth-order valence-electron chi connectivity index (χ4n) is 1.39. The summed E-state index contributed by atoms with van der Waals surface area (Å²) in [6.07, 6.45) is 3.71. The molecule has 0 aromatic heterocycles. The Hall–Kier alpha value is -0.570. The Morgan fingerprint density at radius 2 is 2.31 bits per heavy atom. The molecule has 1 aliphatic heterocycles. The Morgan fingerprint density at radius 3 is 2.85 bits per heavy atom. The van der Waals surface area contributed by atoms with E-state index in [1.807, 2.05) is 13.8 Å². The van der Waals surface area contributed by atoms with Gasteiger partial charge in [-0.2, -0.15) is 0 Å². The smallest absolute Gasteiger partial charge is 0.222 e. The zero-order valence-corrected chi connectivity index (χ0v) is 8.51. The zero-order valence-electron chi connectivity index (χ0n) is 8.51. The van der Waals surface area contributed by atoms with Crippen LogP contribution in [0.25, 0.3) is 0 Å². The van der Waals surface area contributed by atoms with Crippen LogP contribution in [-0.4, -0.2) is 25.2 Å². The van der Waals surface area contributed by atoms with E-state index in [4.69, 9.17) is 4.74 Å². The first-order valence-corrected chi connectivity index (χ1v) is 5.09. The van der Waals surface area contributed by atoms with Crippen LogP contribution in [0.3, 0.4) is 0 Å². The molecule has 1 amide bonds. The van der Waals surface area contributed by atoms with E-state index < -0.39 is 0 Å². The SMILES string of the molecule is CC(C)C(=O)NCC1CCCCO1. The zero-order chi connectivity index (χ0) is 9.68. The van der Waals surface area contributed by atoms with Crippen molar-refractivity contribution in [3.05, 3.63) is 0 Å². The molecule has 1 unspecified atom stereocenters. The molecule has 0 bridgehead atoms. The Kier molecular flexibility index (Phi) is 4.22. The topological polar surface area (TPSA) is 38.3 Å². The molecule has 13 heavy (non-hydrogen) atoms. The van der Waals surface area contributed by atoms with Crippen LogP contribution in [0.2, 0.25) is 0 Å². The molecule has 1 aliphatic rings. The van der Waals surface area contributed by atoms with Gasteiger partial charge in [0.25, 0.3) is 0 Å². The van der Waals surface area contributed by atoms with E-state index in [0.717, 1.165) is 19.4 Å². The van der Waals surface area contributed by atoms with Crippen LogP contribution in [0.4, 0.5) is 0 Å². The van der Waals surface area contributed by atoms with Crippen LogP contribution < -0.4 is 5.32 Å². The monoisotopic (exact) mass is 185 g/mol. The van der Waals surface area contributed by atoms with Crippen molar-refractivity contribution in [2.24, 2.45) is 5.92 Å². The van der Waals surface area contributed by atoms with E-state index in [0.29, 0.717) is 6.54 Å². The molecule has 1 fully saturated rings. The molecule has 76 valence electrons. The summed E-state index contributed by atoms with van der Waals surface area (Å²) in [5.74, 6) is 0.192. The highest BCUT2D eigenvalue weighted by Gasteiger charge is 2.15. The highest BCUT2D eigenvalue weighted by atomic mass is 16.5. The van der Waals surface area contributed by atoms with Crippen molar-refractivity contribution in [2.45, 2.75) is 39.2 Å². The number of amides is 1. The molecule has 0 aliphatic carbocycles. The quantitative estimate of drug-likeness (QED) is 0.720. The largest absolute Gasteiger partial charge is 0.376 e. The van der Waals surface area contributed by atoms with E-state index in [1.165, 1.54) is 6.42 Å². The fourth-order valence-corrected chi connectivity index (χ4v) is 1.39. The lowest BCUT2D eigenvalue weighted by Gasteiger charge is -2.23. The van der Waals surface area contributed by atoms with Gasteiger partial charge in [0.05, 0.1) is 6.10 Å². The van der Waals surface area contributed by atoms with Gasteiger partial charge in [0.2, 0.25) is 5.91 Å². The number of ether oxygens (including phenoxy) is 1. The van der Waals surface area contributed by atoms with Gasteiger partial charge in [-0.25, -0.2) is 0 Å². The van der Waals surface area contributed by atoms with Crippen molar-refractivity contribution in [2.75, 3.05) is 13.2 Å². The molecule has 0 aromatic rings. The van der Waals surface area contributed by atoms with Gasteiger partial charge in [0.1, 0.15) is 0 Å². The molecule has 1 atom stereocenters. The Balaban J connectivity index is 2.13. The van der Waals surface area contributed by atoms with Gasteiger partial charge < -0.3 is 10.1 Å². The molecular weight excluding hydrogens is 166 g/mol. The van der Waals surface area contributed by atoms with Crippen molar-refractivity contribution < 1.29 is 9.53 Å². The molecule has 0 saturated carbocycles. The standard InChI is InChI=1S/C10H19NO2/c1-8(2)10(12)11-7-9-5-3-4-6-13-9/h8-9H,3-7H2,1-2H3,(H,11,12). The molecule has 0 aromatic carbocycles. The maximum atomic E-state index is 11.2. The third-order valence-electron chi connectivity index (χ3n) is 2.30. The summed E-state index contributed by atoms with van der Waals surface area (Å²) in [5, 5.41) is 2.89. The second-order valence-corrected chi connectivity index (χ2v) is 3.89. The van der Waals surface area contributed by atoms with E-state index in [9.17, 15) is 4.79 Å². The van der Waals surface area contributed by atoms with Gasteiger partial charge in [-0.3, -0.25) is 4.79 Å². The maximum Gasteiger partial charge on any atom is 0.222 e. The average Bonchev–Trinajstić information content (AvgIpc) is 2.15. The summed E-state index contributed by atoms with van der Waals surface area (Å²) < 4.78 is 5.49. The molecule has 3 heteroatoms. The minimum atomic E-state index is 0.0728. The highest BCUT2D eigenvalue weighted by Crippen LogP contribution is 2.11. The van der Waals surface area contributed by atoms with Gasteiger partial charge in [0, 0.05) is 19.1 Å². The molecule has 3 nitrogen and oxygen atoms in total. The predicted octanol–water partition coefficient (Wildman–Crippen LogP) is 1.33. The number of carbonyl (C=O) groups excluding carboxylic acids is 1. The molecular formula is C10H19NO2. The van der Waals surface area contributed by atoms with Crippen molar-refractivity contribution in [3.8, 4) is 0 Å². The average molecular weight is 185 g/mol. The fraction of sp³-hybridized carbons (Fsp3) is 0.900. The minimum absolute atomic E-state index is 0.0728. The first-order valence-electron chi connectivity index (χ1n) is 5.09. The molecule has 1 rings (SSSR count). The summed E-state index contributed by atoms with van der Waals surface area (Å²) in [6, 6.07) is 0. The lowest BCUT2D eigenvalue weighted by molar-refractivity contribution is -0.124. The second-order valence-electron chi connectivity index (χ2n) is 3.89. The Labute approximate surface area is 79.8 Å². The number of rotatable bonds is 3. The van der Waals surface area contributed by atoms with Gasteiger partial charge in [-0.1, -0.05) is 13.8 Å². The van der Waals surface area contributed by atoms with Crippen molar-refractivity contribution in [1.29, 1.82) is 0 Å². The first-order chi connectivity index (χ1) is 6.20. The van der Waals surface area contributed by atoms with Crippen LogP contribution in [0.15, 0.2) is 0 Å². The predicted molar refractivity (Wildman–Crippen MR) is 51.4 cm³/mol. The summed E-state index contributed by atoms with van der Waals surface area (Å²) in [4.78, 5) is 11.2. The summed E-state index contributed by atoms with van der Waals surface area (Å²) in [5.41, 5.74) is 0. The molecule has 0 radical (unpaired) electrons. The summed E-state index contributed by atoms with van der Waals surface area (Å²) >= 11 is 0. The second kappa shape index (κ2) is 5.22. The number of carbonyl (C=O) groups is 1. The Morgan fingerprint density at radius 1 is 1.54 bits per heavy atom. The van der Waals surface area contributed by atoms with Crippen LogP contribution in [0.5, 0.6) is 0 Å². The van der Waals surface area contributed by atoms with Crippen LogP contribution in [0.1, 0.15) is 33.1 Å². The number of nitrogens with one attached hydrogen (secondary N) is 1. The maximum absolute atomic E-state index is 11.2. The third kappa shape index (κ3) is 3.77. The molecule has 1 heterocycles. The first kappa shape index (κ1) is 10.5. The summed E-state index contributed by atoms with van der Waals surface area (Å²) in [6.45, 7) is 5.33. The van der Waals surface area contributed by atoms with Crippen molar-refractivity contribution in [3.63, 3.8) is 0 Å². The van der Waals surface area contributed by atoms with Crippen LogP contribution in [-0.2, 0) is 9.53 Å². The highest BCUT2D eigenvalue weighted by molar-refractivity contribution is 5.77. The van der Waals surface area contributed by atoms with E-state index in [1.54, 1.807) is 0 Å². The van der Waals surface area contributed by atoms with E-state index in [-0.39, 0.29) is 17.9 Å². The number of hydrogen-bond donors (Lipinski definition) is 1. The third-order valence-corrected chi connectivity index (χ3v) is 2.30. The van der Waals surface area contributed by atoms with Crippen LogP contribution in [0, 0.1) is 5.92 Å². The van der Waals surface area contributed by atoms with Gasteiger partial charge in [-0.05, 0) is 19.3 Å². The number of hydrogen-bond acceptors (Lipinski definition) is 2. The van der Waals surface area contributed by atoms with E-state index in [2.05, 4.69) is 5.32 Å². The lowest BCUT2D eigenvalue weighted by Crippen LogP contribution is -2.37. The van der Waals surface area contributed by atoms with Gasteiger partial charge in [-0.15, -0.1) is 0 Å². The molecule has 0 spiro atoms. The lowest BCUT2D eigenvalue weighted by atomic mass is 10.1. The van der Waals surface area contributed by atoms with Crippen LogP contribution >= 0.6 is 0 Å². The molecule has 1 saturated heterocycles.